The summed E-state index contributed by atoms with van der Waals surface area (Å²) in [7, 11) is 3.55. The van der Waals surface area contributed by atoms with Gasteiger partial charge in [0.25, 0.3) is 0 Å². The fourth-order valence-corrected chi connectivity index (χ4v) is 2.92. The lowest BCUT2D eigenvalue weighted by Gasteiger charge is -2.12. The molecule has 0 aliphatic carbocycles. The number of nitrogens with zero attached hydrogens (tertiary/aromatic N) is 4. The van der Waals surface area contributed by atoms with Crippen molar-refractivity contribution in [3.05, 3.63) is 41.6 Å². The van der Waals surface area contributed by atoms with Crippen LogP contribution in [-0.2, 0) is 16.0 Å². The summed E-state index contributed by atoms with van der Waals surface area (Å²) in [4.78, 5) is 9.10. The fraction of sp³-hybridized carbons (Fsp3) is 0.476. The molecule has 0 spiro atoms. The van der Waals surface area contributed by atoms with Gasteiger partial charge >= 0.3 is 6.01 Å². The van der Waals surface area contributed by atoms with Gasteiger partial charge in [0.1, 0.15) is 6.61 Å². The minimum atomic E-state index is 0.280. The molecule has 2 N–H and O–H groups in total. The standard InChI is InChI=1S/C21H30N6O3/c1-15(2)18-14-24-27-19(18)25-21(30-11-10-29-9-8-28-4)26-20(27)23-13-16-6-5-7-17(12-16)22-3/h5-7,12,14-15,22H,8-11,13H2,1-4H3,(H,23,25,26). The van der Waals surface area contributed by atoms with Crippen molar-refractivity contribution in [2.24, 2.45) is 0 Å². The Labute approximate surface area is 176 Å². The molecular formula is C21H30N6O3. The van der Waals surface area contributed by atoms with E-state index in [9.17, 15) is 0 Å². The highest BCUT2D eigenvalue weighted by atomic mass is 16.5. The summed E-state index contributed by atoms with van der Waals surface area (Å²) in [6.07, 6.45) is 1.83. The SMILES string of the molecule is CNc1cccc(CNc2nc(OCCOCCOC)nc3c(C(C)C)cnn23)c1. The van der Waals surface area contributed by atoms with Crippen LogP contribution in [0.2, 0.25) is 0 Å². The number of benzene rings is 1. The van der Waals surface area contributed by atoms with Gasteiger partial charge in [0.2, 0.25) is 5.95 Å². The quantitative estimate of drug-likeness (QED) is 0.437. The maximum atomic E-state index is 5.75. The van der Waals surface area contributed by atoms with E-state index in [0.717, 1.165) is 22.5 Å². The highest BCUT2D eigenvalue weighted by molar-refractivity contribution is 5.53. The normalized spacial score (nSPS) is 11.2. The monoisotopic (exact) mass is 414 g/mol. The van der Waals surface area contributed by atoms with Crippen LogP contribution in [0.15, 0.2) is 30.5 Å². The van der Waals surface area contributed by atoms with E-state index < -0.39 is 0 Å². The van der Waals surface area contributed by atoms with Crippen molar-refractivity contribution in [3.63, 3.8) is 0 Å². The van der Waals surface area contributed by atoms with Crippen LogP contribution in [-0.4, -0.2) is 60.2 Å². The van der Waals surface area contributed by atoms with Gasteiger partial charge in [0.15, 0.2) is 5.65 Å². The van der Waals surface area contributed by atoms with Crippen LogP contribution in [0.5, 0.6) is 6.01 Å². The summed E-state index contributed by atoms with van der Waals surface area (Å²) < 4.78 is 17.9. The van der Waals surface area contributed by atoms with Crippen molar-refractivity contribution >= 4 is 17.3 Å². The molecule has 0 fully saturated rings. The predicted molar refractivity (Wildman–Crippen MR) is 116 cm³/mol. The first-order chi connectivity index (χ1) is 14.6. The number of hydrogen-bond acceptors (Lipinski definition) is 8. The number of fused-ring (bicyclic) bond motifs is 1. The summed E-state index contributed by atoms with van der Waals surface area (Å²) in [6, 6.07) is 8.48. The Morgan fingerprint density at radius 3 is 2.70 bits per heavy atom. The van der Waals surface area contributed by atoms with Crippen LogP contribution < -0.4 is 15.4 Å². The van der Waals surface area contributed by atoms with Crippen molar-refractivity contribution in [2.75, 3.05) is 51.2 Å². The molecule has 30 heavy (non-hydrogen) atoms. The Bertz CT molecular complexity index is 944. The van der Waals surface area contributed by atoms with E-state index in [-0.39, 0.29) is 5.92 Å². The second-order valence-corrected chi connectivity index (χ2v) is 7.08. The number of ether oxygens (including phenoxy) is 3. The zero-order valence-electron chi connectivity index (χ0n) is 18.0. The van der Waals surface area contributed by atoms with Gasteiger partial charge in [-0.15, -0.1) is 0 Å². The van der Waals surface area contributed by atoms with Gasteiger partial charge in [0.05, 0.1) is 26.0 Å². The molecule has 0 radical (unpaired) electrons. The maximum Gasteiger partial charge on any atom is 0.321 e. The van der Waals surface area contributed by atoms with Gasteiger partial charge in [-0.1, -0.05) is 26.0 Å². The average Bonchev–Trinajstić information content (AvgIpc) is 3.19. The predicted octanol–water partition coefficient (Wildman–Crippen LogP) is 2.94. The van der Waals surface area contributed by atoms with Gasteiger partial charge in [-0.25, -0.2) is 0 Å². The number of hydrogen-bond donors (Lipinski definition) is 2. The first-order valence-electron chi connectivity index (χ1n) is 10.1. The molecule has 0 aliphatic heterocycles. The molecule has 2 heterocycles. The van der Waals surface area contributed by atoms with Crippen LogP contribution in [0, 0.1) is 0 Å². The molecule has 3 aromatic rings. The third-order valence-corrected chi connectivity index (χ3v) is 4.55. The summed E-state index contributed by atoms with van der Waals surface area (Å²) in [6.45, 7) is 6.69. The molecule has 0 saturated heterocycles. The number of anilines is 2. The van der Waals surface area contributed by atoms with Crippen molar-refractivity contribution in [3.8, 4) is 6.01 Å². The Morgan fingerprint density at radius 1 is 1.10 bits per heavy atom. The van der Waals surface area contributed by atoms with Crippen LogP contribution in [0.3, 0.4) is 0 Å². The highest BCUT2D eigenvalue weighted by Crippen LogP contribution is 2.23. The topological polar surface area (TPSA) is 94.8 Å². The smallest absolute Gasteiger partial charge is 0.321 e. The lowest BCUT2D eigenvalue weighted by Crippen LogP contribution is -2.14. The van der Waals surface area contributed by atoms with Gasteiger partial charge in [-0.05, 0) is 23.6 Å². The third-order valence-electron chi connectivity index (χ3n) is 4.55. The van der Waals surface area contributed by atoms with E-state index >= 15 is 0 Å². The van der Waals surface area contributed by atoms with Crippen molar-refractivity contribution in [1.82, 2.24) is 19.6 Å². The molecule has 9 nitrogen and oxygen atoms in total. The third kappa shape index (κ3) is 5.58. The van der Waals surface area contributed by atoms with Crippen LogP contribution >= 0.6 is 0 Å². The summed E-state index contributed by atoms with van der Waals surface area (Å²) in [5, 5.41) is 11.0. The molecule has 9 heteroatoms. The van der Waals surface area contributed by atoms with Gasteiger partial charge in [-0.2, -0.15) is 19.6 Å². The van der Waals surface area contributed by atoms with E-state index in [1.165, 1.54) is 0 Å². The molecule has 0 saturated carbocycles. The lowest BCUT2D eigenvalue weighted by molar-refractivity contribution is 0.0528. The van der Waals surface area contributed by atoms with Gasteiger partial charge in [-0.3, -0.25) is 0 Å². The molecule has 2 aromatic heterocycles. The fourth-order valence-electron chi connectivity index (χ4n) is 2.92. The maximum absolute atomic E-state index is 5.75. The number of aromatic nitrogens is 4. The molecule has 3 rings (SSSR count). The van der Waals surface area contributed by atoms with E-state index in [2.05, 4.69) is 51.7 Å². The zero-order chi connectivity index (χ0) is 21.3. The molecular weight excluding hydrogens is 384 g/mol. The summed E-state index contributed by atoms with van der Waals surface area (Å²) in [5.41, 5.74) is 3.96. The highest BCUT2D eigenvalue weighted by Gasteiger charge is 2.16. The van der Waals surface area contributed by atoms with Crippen LogP contribution in [0.4, 0.5) is 11.6 Å². The van der Waals surface area contributed by atoms with Crippen molar-refractivity contribution in [2.45, 2.75) is 26.3 Å². The molecule has 0 amide bonds. The van der Waals surface area contributed by atoms with Crippen molar-refractivity contribution in [1.29, 1.82) is 0 Å². The lowest BCUT2D eigenvalue weighted by atomic mass is 10.1. The Kier molecular flexibility index (Phi) is 7.81. The number of nitrogens with one attached hydrogen (secondary N) is 2. The zero-order valence-corrected chi connectivity index (χ0v) is 18.0. The largest absolute Gasteiger partial charge is 0.461 e. The van der Waals surface area contributed by atoms with Crippen LogP contribution in [0.1, 0.15) is 30.9 Å². The Hall–Kier alpha value is -2.91. The molecule has 162 valence electrons. The summed E-state index contributed by atoms with van der Waals surface area (Å²) in [5.74, 6) is 0.861. The molecule has 0 atom stereocenters. The first-order valence-corrected chi connectivity index (χ1v) is 10.1. The van der Waals surface area contributed by atoms with Crippen LogP contribution in [0.25, 0.3) is 5.65 Å². The molecule has 0 bridgehead atoms. The second kappa shape index (κ2) is 10.7. The minimum Gasteiger partial charge on any atom is -0.461 e. The van der Waals surface area contributed by atoms with E-state index in [4.69, 9.17) is 14.2 Å². The van der Waals surface area contributed by atoms with Gasteiger partial charge < -0.3 is 24.8 Å². The average molecular weight is 415 g/mol. The number of methoxy groups -OCH3 is 1. The Balaban J connectivity index is 1.77. The van der Waals surface area contributed by atoms with E-state index in [0.29, 0.717) is 44.9 Å². The van der Waals surface area contributed by atoms with Crippen molar-refractivity contribution < 1.29 is 14.2 Å². The number of rotatable bonds is 12. The molecule has 1 aromatic carbocycles. The molecule has 0 aliphatic rings. The first kappa shape index (κ1) is 21.8. The van der Waals surface area contributed by atoms with E-state index in [1.807, 2.05) is 25.4 Å². The second-order valence-electron chi connectivity index (χ2n) is 7.08. The minimum absolute atomic E-state index is 0.280. The van der Waals surface area contributed by atoms with Gasteiger partial charge in [0, 0.05) is 32.0 Å². The summed E-state index contributed by atoms with van der Waals surface area (Å²) >= 11 is 0. The van der Waals surface area contributed by atoms with E-state index in [1.54, 1.807) is 11.6 Å². The molecule has 0 unspecified atom stereocenters. The Morgan fingerprint density at radius 2 is 1.93 bits per heavy atom.